The monoisotopic (exact) mass is 314 g/mol. The molecule has 1 nitrogen and oxygen atoms in total. The van der Waals surface area contributed by atoms with Gasteiger partial charge in [0.2, 0.25) is 0 Å². The van der Waals surface area contributed by atoms with E-state index in [1.165, 1.54) is 27.8 Å². The lowest BCUT2D eigenvalue weighted by Gasteiger charge is -2.21. The molecular weight excluding hydrogens is 292 g/mol. The van der Waals surface area contributed by atoms with E-state index in [0.717, 1.165) is 25.0 Å². The molecule has 0 saturated carbocycles. The molecule has 0 aromatic heterocycles. The highest BCUT2D eigenvalue weighted by Gasteiger charge is 2.23. The van der Waals surface area contributed by atoms with Crippen LogP contribution in [0.25, 0.3) is 0 Å². The van der Waals surface area contributed by atoms with Crippen LogP contribution in [0.4, 0.5) is 0 Å². The maximum atomic E-state index is 5.41. The lowest BCUT2D eigenvalue weighted by atomic mass is 9.83. The van der Waals surface area contributed by atoms with Gasteiger partial charge in [0.1, 0.15) is 5.75 Å². The van der Waals surface area contributed by atoms with Crippen LogP contribution in [-0.2, 0) is 19.3 Å². The number of fused-ring (bicyclic) bond motifs is 2. The predicted octanol–water partition coefficient (Wildman–Crippen LogP) is 5.17. The van der Waals surface area contributed by atoms with E-state index in [2.05, 4.69) is 66.7 Å². The molecule has 0 atom stereocenters. The second kappa shape index (κ2) is 6.52. The van der Waals surface area contributed by atoms with E-state index < -0.39 is 0 Å². The first-order chi connectivity index (χ1) is 11.8. The van der Waals surface area contributed by atoms with Crippen molar-refractivity contribution in [2.24, 2.45) is 0 Å². The molecule has 1 aliphatic rings. The summed E-state index contributed by atoms with van der Waals surface area (Å²) in [7, 11) is 1.73. The smallest absolute Gasteiger partial charge is 0.119 e. The van der Waals surface area contributed by atoms with Crippen LogP contribution < -0.4 is 4.74 Å². The van der Waals surface area contributed by atoms with Crippen LogP contribution in [-0.4, -0.2) is 7.11 Å². The number of benzene rings is 3. The minimum Gasteiger partial charge on any atom is -0.497 e. The van der Waals surface area contributed by atoms with Crippen LogP contribution in [0.2, 0.25) is 0 Å². The van der Waals surface area contributed by atoms with E-state index in [-0.39, 0.29) is 0 Å². The van der Waals surface area contributed by atoms with Gasteiger partial charge in [0, 0.05) is 5.92 Å². The molecule has 0 N–H and O–H groups in total. The normalized spacial score (nSPS) is 13.7. The molecule has 4 rings (SSSR count). The van der Waals surface area contributed by atoms with Crippen molar-refractivity contribution in [1.29, 1.82) is 0 Å². The van der Waals surface area contributed by atoms with E-state index in [9.17, 15) is 0 Å². The Morgan fingerprint density at radius 3 is 2.04 bits per heavy atom. The Bertz CT molecular complexity index is 802. The average Bonchev–Trinajstić information content (AvgIpc) is 2.80. The molecule has 0 fully saturated rings. The van der Waals surface area contributed by atoms with Gasteiger partial charge in [-0.05, 0) is 59.2 Å². The van der Waals surface area contributed by atoms with Crippen LogP contribution in [0.1, 0.15) is 33.7 Å². The van der Waals surface area contributed by atoms with Gasteiger partial charge in [-0.3, -0.25) is 0 Å². The zero-order chi connectivity index (χ0) is 16.4. The SMILES string of the molecule is COc1cccc(CC2c3ccccc3CCc3ccccc32)c1. The third kappa shape index (κ3) is 2.82. The maximum absolute atomic E-state index is 5.41. The van der Waals surface area contributed by atoms with Crippen LogP contribution in [0.15, 0.2) is 72.8 Å². The largest absolute Gasteiger partial charge is 0.497 e. The van der Waals surface area contributed by atoms with Crippen molar-refractivity contribution >= 4 is 0 Å². The summed E-state index contributed by atoms with van der Waals surface area (Å²) in [5, 5.41) is 0. The Morgan fingerprint density at radius 1 is 0.792 bits per heavy atom. The van der Waals surface area contributed by atoms with Crippen molar-refractivity contribution in [2.75, 3.05) is 7.11 Å². The Labute approximate surface area is 143 Å². The van der Waals surface area contributed by atoms with Gasteiger partial charge in [0.05, 0.1) is 7.11 Å². The van der Waals surface area contributed by atoms with Crippen LogP contribution in [0.5, 0.6) is 5.75 Å². The van der Waals surface area contributed by atoms with Gasteiger partial charge in [-0.1, -0.05) is 60.7 Å². The molecule has 0 radical (unpaired) electrons. The van der Waals surface area contributed by atoms with E-state index in [4.69, 9.17) is 4.74 Å². The average molecular weight is 314 g/mol. The minimum absolute atomic E-state index is 0.409. The zero-order valence-corrected chi connectivity index (χ0v) is 14.0. The van der Waals surface area contributed by atoms with Crippen molar-refractivity contribution in [3.8, 4) is 5.75 Å². The molecule has 3 aromatic carbocycles. The molecule has 0 saturated heterocycles. The van der Waals surface area contributed by atoms with Crippen molar-refractivity contribution in [3.05, 3.63) is 101 Å². The topological polar surface area (TPSA) is 9.23 Å². The number of hydrogen-bond donors (Lipinski definition) is 0. The molecule has 0 spiro atoms. The maximum Gasteiger partial charge on any atom is 0.119 e. The first-order valence-electron chi connectivity index (χ1n) is 8.63. The fourth-order valence-electron chi connectivity index (χ4n) is 3.90. The Hall–Kier alpha value is -2.54. The van der Waals surface area contributed by atoms with Crippen LogP contribution in [0.3, 0.4) is 0 Å². The summed E-state index contributed by atoms with van der Waals surface area (Å²) in [6.45, 7) is 0. The molecule has 0 unspecified atom stereocenters. The molecule has 0 bridgehead atoms. The fourth-order valence-corrected chi connectivity index (χ4v) is 3.90. The highest BCUT2D eigenvalue weighted by molar-refractivity contribution is 5.46. The van der Waals surface area contributed by atoms with Gasteiger partial charge in [-0.25, -0.2) is 0 Å². The molecule has 3 aromatic rings. The number of methoxy groups -OCH3 is 1. The van der Waals surface area contributed by atoms with Gasteiger partial charge in [0.15, 0.2) is 0 Å². The standard InChI is InChI=1S/C23H22O/c1-24-20-10-6-7-17(15-20)16-23-21-11-4-2-8-18(21)13-14-19-9-3-5-12-22(19)23/h2-12,15,23H,13-14,16H2,1H3. The molecular formula is C23H22O. The van der Waals surface area contributed by atoms with Crippen molar-refractivity contribution in [1.82, 2.24) is 0 Å². The summed E-state index contributed by atoms with van der Waals surface area (Å²) in [4.78, 5) is 0. The lowest BCUT2D eigenvalue weighted by molar-refractivity contribution is 0.414. The molecule has 120 valence electrons. The van der Waals surface area contributed by atoms with Gasteiger partial charge in [-0.15, -0.1) is 0 Å². The summed E-state index contributed by atoms with van der Waals surface area (Å²) in [6, 6.07) is 26.3. The molecule has 24 heavy (non-hydrogen) atoms. The summed E-state index contributed by atoms with van der Waals surface area (Å²) < 4.78 is 5.41. The minimum atomic E-state index is 0.409. The van der Waals surface area contributed by atoms with Crippen molar-refractivity contribution in [2.45, 2.75) is 25.2 Å². The fraction of sp³-hybridized carbons (Fsp3) is 0.217. The molecule has 0 aliphatic heterocycles. The van der Waals surface area contributed by atoms with Gasteiger partial charge in [-0.2, -0.15) is 0 Å². The molecule has 0 heterocycles. The summed E-state index contributed by atoms with van der Waals surface area (Å²) in [6.07, 6.45) is 3.26. The van der Waals surface area contributed by atoms with Gasteiger partial charge in [0.25, 0.3) is 0 Å². The third-order valence-electron chi connectivity index (χ3n) is 5.10. The first-order valence-corrected chi connectivity index (χ1v) is 8.63. The first kappa shape index (κ1) is 15.0. The highest BCUT2D eigenvalue weighted by atomic mass is 16.5. The van der Waals surface area contributed by atoms with Gasteiger partial charge < -0.3 is 4.74 Å². The second-order valence-electron chi connectivity index (χ2n) is 6.51. The summed E-state index contributed by atoms with van der Waals surface area (Å²) in [5.41, 5.74) is 7.25. The second-order valence-corrected chi connectivity index (χ2v) is 6.51. The van der Waals surface area contributed by atoms with E-state index in [1.54, 1.807) is 7.11 Å². The molecule has 1 heteroatoms. The quantitative estimate of drug-likeness (QED) is 0.648. The lowest BCUT2D eigenvalue weighted by Crippen LogP contribution is -2.07. The number of aryl methyl sites for hydroxylation is 2. The number of hydrogen-bond acceptors (Lipinski definition) is 1. The Morgan fingerprint density at radius 2 is 1.42 bits per heavy atom. The van der Waals surface area contributed by atoms with Crippen molar-refractivity contribution in [3.63, 3.8) is 0 Å². The van der Waals surface area contributed by atoms with Crippen LogP contribution >= 0.6 is 0 Å². The Kier molecular flexibility index (Phi) is 4.08. The zero-order valence-electron chi connectivity index (χ0n) is 14.0. The summed E-state index contributed by atoms with van der Waals surface area (Å²) >= 11 is 0. The number of rotatable bonds is 3. The predicted molar refractivity (Wildman–Crippen MR) is 98.8 cm³/mol. The van der Waals surface area contributed by atoms with Gasteiger partial charge >= 0.3 is 0 Å². The van der Waals surface area contributed by atoms with E-state index in [1.807, 2.05) is 6.07 Å². The Balaban J connectivity index is 1.80. The summed E-state index contributed by atoms with van der Waals surface area (Å²) in [5.74, 6) is 1.34. The van der Waals surface area contributed by atoms with Crippen molar-refractivity contribution < 1.29 is 4.74 Å². The molecule has 0 amide bonds. The molecule has 1 aliphatic carbocycles. The van der Waals surface area contributed by atoms with Crippen LogP contribution in [0, 0.1) is 0 Å². The van der Waals surface area contributed by atoms with E-state index in [0.29, 0.717) is 5.92 Å². The third-order valence-corrected chi connectivity index (χ3v) is 5.10. The number of ether oxygens (including phenoxy) is 1. The highest BCUT2D eigenvalue weighted by Crippen LogP contribution is 2.36. The van der Waals surface area contributed by atoms with E-state index >= 15 is 0 Å².